The minimum absolute atomic E-state index is 0. The molecule has 0 aliphatic carbocycles. The fourth-order valence-electron chi connectivity index (χ4n) is 3.70. The van der Waals surface area contributed by atoms with Crippen LogP contribution in [0.1, 0.15) is 31.1 Å². The van der Waals surface area contributed by atoms with Crippen LogP contribution in [-0.4, -0.2) is 78.5 Å². The summed E-state index contributed by atoms with van der Waals surface area (Å²) < 4.78 is 13.6. The van der Waals surface area contributed by atoms with Crippen molar-refractivity contribution in [2.75, 3.05) is 53.0 Å². The zero-order valence-electron chi connectivity index (χ0n) is 19.7. The highest BCUT2D eigenvalue weighted by molar-refractivity contribution is 14.0. The molecule has 1 fully saturated rings. The minimum Gasteiger partial charge on any atom is -0.492 e. The molecule has 2 aromatic rings. The fraction of sp³-hybridized carbons (Fsp3) is 0.565. The van der Waals surface area contributed by atoms with Gasteiger partial charge in [-0.3, -0.25) is 9.67 Å². The van der Waals surface area contributed by atoms with Crippen molar-refractivity contribution in [1.82, 2.24) is 24.9 Å². The van der Waals surface area contributed by atoms with Crippen LogP contribution >= 0.6 is 24.0 Å². The van der Waals surface area contributed by atoms with Gasteiger partial charge in [0.1, 0.15) is 18.5 Å². The summed E-state index contributed by atoms with van der Waals surface area (Å²) in [6.07, 6.45) is 3.89. The van der Waals surface area contributed by atoms with Crippen LogP contribution in [0.4, 0.5) is 0 Å². The maximum Gasteiger partial charge on any atom is 0.194 e. The minimum atomic E-state index is 0. The van der Waals surface area contributed by atoms with E-state index in [-0.39, 0.29) is 30.1 Å². The summed E-state index contributed by atoms with van der Waals surface area (Å²) in [7, 11) is 3.75. The van der Waals surface area contributed by atoms with E-state index in [2.05, 4.69) is 51.2 Å². The smallest absolute Gasteiger partial charge is 0.194 e. The molecule has 0 bridgehead atoms. The second-order valence-corrected chi connectivity index (χ2v) is 7.67. The Labute approximate surface area is 209 Å². The van der Waals surface area contributed by atoms with Crippen LogP contribution in [-0.2, 0) is 18.3 Å². The van der Waals surface area contributed by atoms with Crippen LogP contribution < -0.4 is 10.1 Å². The Bertz CT molecular complexity index is 822. The van der Waals surface area contributed by atoms with E-state index >= 15 is 0 Å². The first-order valence-electron chi connectivity index (χ1n) is 11.1. The van der Waals surface area contributed by atoms with Crippen LogP contribution in [0.5, 0.6) is 5.75 Å². The number of morpholine rings is 1. The molecular weight excluding hydrogens is 519 g/mol. The number of nitrogens with one attached hydrogen (secondary N) is 1. The molecule has 1 N–H and O–H groups in total. The number of ether oxygens (including phenoxy) is 2. The fourth-order valence-corrected chi connectivity index (χ4v) is 3.70. The van der Waals surface area contributed by atoms with Gasteiger partial charge < -0.3 is 24.6 Å². The normalized spacial score (nSPS) is 16.7. The summed E-state index contributed by atoms with van der Waals surface area (Å²) in [4.78, 5) is 9.07. The van der Waals surface area contributed by atoms with Gasteiger partial charge in [-0.1, -0.05) is 26.0 Å². The Balaban J connectivity index is 0.00000363. The Morgan fingerprint density at radius 3 is 2.66 bits per heavy atom. The Morgan fingerprint density at radius 1 is 1.28 bits per heavy atom. The summed E-state index contributed by atoms with van der Waals surface area (Å²) in [5.74, 6) is 1.80. The van der Waals surface area contributed by atoms with Gasteiger partial charge in [-0.25, -0.2) is 0 Å². The summed E-state index contributed by atoms with van der Waals surface area (Å²) in [6.45, 7) is 11.1. The van der Waals surface area contributed by atoms with Crippen LogP contribution in [0.25, 0.3) is 0 Å². The molecular formula is C23H37IN6O2. The number of halogens is 1. The maximum absolute atomic E-state index is 5.94. The van der Waals surface area contributed by atoms with E-state index in [1.54, 1.807) is 0 Å². The predicted octanol–water partition coefficient (Wildman–Crippen LogP) is 2.91. The molecule has 1 unspecified atom stereocenters. The number of likely N-dealkylation sites (N-methyl/N-ethyl adjacent to an activating group) is 1. The molecule has 8 nitrogen and oxygen atoms in total. The lowest BCUT2D eigenvalue weighted by Crippen LogP contribution is -2.47. The van der Waals surface area contributed by atoms with Crippen molar-refractivity contribution in [3.05, 3.63) is 47.8 Å². The second-order valence-electron chi connectivity index (χ2n) is 7.67. The third-order valence-corrected chi connectivity index (χ3v) is 5.62. The average Bonchev–Trinajstić information content (AvgIpc) is 3.25. The monoisotopic (exact) mass is 556 g/mol. The molecule has 32 heavy (non-hydrogen) atoms. The summed E-state index contributed by atoms with van der Waals surface area (Å²) in [5, 5.41) is 7.74. The molecule has 1 aliphatic heterocycles. The predicted molar refractivity (Wildman–Crippen MR) is 139 cm³/mol. The van der Waals surface area contributed by atoms with Crippen molar-refractivity contribution >= 4 is 29.9 Å². The molecule has 178 valence electrons. The molecule has 0 saturated carbocycles. The highest BCUT2D eigenvalue weighted by atomic mass is 127. The molecule has 0 spiro atoms. The van der Waals surface area contributed by atoms with E-state index in [9.17, 15) is 0 Å². The largest absolute Gasteiger partial charge is 0.492 e. The van der Waals surface area contributed by atoms with Gasteiger partial charge in [-0.15, -0.1) is 24.0 Å². The van der Waals surface area contributed by atoms with Gasteiger partial charge in [0, 0.05) is 45.5 Å². The average molecular weight is 556 g/mol. The van der Waals surface area contributed by atoms with Crippen molar-refractivity contribution in [1.29, 1.82) is 0 Å². The Kier molecular flexibility index (Phi) is 11.3. The number of benzene rings is 1. The summed E-state index contributed by atoms with van der Waals surface area (Å²) in [6, 6.07) is 8.28. The summed E-state index contributed by atoms with van der Waals surface area (Å²) >= 11 is 0. The zero-order valence-corrected chi connectivity index (χ0v) is 22.0. The van der Waals surface area contributed by atoms with Crippen LogP contribution in [0.2, 0.25) is 0 Å². The van der Waals surface area contributed by atoms with E-state index < -0.39 is 0 Å². The molecule has 1 aromatic heterocycles. The van der Waals surface area contributed by atoms with Crippen molar-refractivity contribution in [3.63, 3.8) is 0 Å². The van der Waals surface area contributed by atoms with Gasteiger partial charge in [0.05, 0.1) is 19.3 Å². The van der Waals surface area contributed by atoms with Crippen molar-refractivity contribution in [2.24, 2.45) is 12.0 Å². The van der Waals surface area contributed by atoms with Crippen molar-refractivity contribution in [2.45, 2.75) is 26.5 Å². The number of aryl methyl sites for hydroxylation is 1. The molecule has 0 amide bonds. The van der Waals surface area contributed by atoms with Crippen LogP contribution in [0.3, 0.4) is 0 Å². The molecule has 2 heterocycles. The zero-order chi connectivity index (χ0) is 22.1. The first kappa shape index (κ1) is 26.4. The Hall–Kier alpha value is -1.85. The van der Waals surface area contributed by atoms with E-state index in [4.69, 9.17) is 9.47 Å². The molecule has 1 atom stereocenters. The molecule has 1 aliphatic rings. The lowest BCUT2D eigenvalue weighted by molar-refractivity contribution is -0.00805. The van der Waals surface area contributed by atoms with Gasteiger partial charge in [-0.2, -0.15) is 5.10 Å². The number of guanidine groups is 1. The molecule has 9 heteroatoms. The van der Waals surface area contributed by atoms with Gasteiger partial charge in [0.15, 0.2) is 5.96 Å². The molecule has 1 aromatic carbocycles. The number of aromatic nitrogens is 2. The highest BCUT2D eigenvalue weighted by Gasteiger charge is 2.25. The lowest BCUT2D eigenvalue weighted by atomic mass is 10.1. The number of nitrogens with zero attached hydrogens (tertiary/aromatic N) is 5. The molecule has 0 radical (unpaired) electrons. The van der Waals surface area contributed by atoms with E-state index in [1.165, 1.54) is 5.56 Å². The number of rotatable bonds is 9. The Morgan fingerprint density at radius 2 is 2.03 bits per heavy atom. The first-order chi connectivity index (χ1) is 15.1. The van der Waals surface area contributed by atoms with Crippen LogP contribution in [0, 0.1) is 0 Å². The SMILES string of the molecule is CCN(CC)CCOc1ccc(CNC(=NC)N2CCOC(c3cnn(C)c3)C2)cc1.I. The van der Waals surface area contributed by atoms with Gasteiger partial charge in [-0.05, 0) is 30.8 Å². The first-order valence-corrected chi connectivity index (χ1v) is 11.1. The third-order valence-electron chi connectivity index (χ3n) is 5.62. The second kappa shape index (κ2) is 13.6. The standard InChI is InChI=1S/C23H36N6O2.HI/c1-5-28(6-2)11-13-30-21-9-7-19(8-10-21)15-25-23(24-3)29-12-14-31-22(18-29)20-16-26-27(4)17-20;/h7-10,16-17,22H,5-6,11-15,18H2,1-4H3,(H,24,25);1H. The van der Waals surface area contributed by atoms with Crippen molar-refractivity contribution < 1.29 is 9.47 Å². The molecule has 1 saturated heterocycles. The van der Waals surface area contributed by atoms with Crippen molar-refractivity contribution in [3.8, 4) is 5.75 Å². The topological polar surface area (TPSA) is 67.2 Å². The third kappa shape index (κ3) is 7.63. The van der Waals surface area contributed by atoms with Gasteiger partial charge >= 0.3 is 0 Å². The number of aliphatic imine (C=N–C) groups is 1. The maximum atomic E-state index is 5.94. The quantitative estimate of drug-likeness (QED) is 0.291. The van der Waals surface area contributed by atoms with E-state index in [1.807, 2.05) is 43.3 Å². The molecule has 3 rings (SSSR count). The number of hydrogen-bond acceptors (Lipinski definition) is 5. The van der Waals surface area contributed by atoms with Crippen LogP contribution in [0.15, 0.2) is 41.7 Å². The van der Waals surface area contributed by atoms with E-state index in [0.29, 0.717) is 19.8 Å². The van der Waals surface area contributed by atoms with E-state index in [0.717, 1.165) is 50.0 Å². The lowest BCUT2D eigenvalue weighted by Gasteiger charge is -2.34. The highest BCUT2D eigenvalue weighted by Crippen LogP contribution is 2.21. The van der Waals surface area contributed by atoms with Gasteiger partial charge in [0.25, 0.3) is 0 Å². The van der Waals surface area contributed by atoms with Gasteiger partial charge in [0.2, 0.25) is 0 Å². The summed E-state index contributed by atoms with van der Waals surface area (Å²) in [5.41, 5.74) is 2.29. The number of hydrogen-bond donors (Lipinski definition) is 1.